The molecule has 0 aliphatic carbocycles. The van der Waals surface area contributed by atoms with E-state index in [2.05, 4.69) is 5.32 Å². The van der Waals surface area contributed by atoms with Gasteiger partial charge in [0.15, 0.2) is 24.2 Å². The molecule has 0 saturated carbocycles. The highest BCUT2D eigenvalue weighted by Crippen LogP contribution is 2.40. The number of thioether (sulfide) groups is 1. The number of carbonyl (C=O) groups is 4. The zero-order chi connectivity index (χ0) is 26.2. The molecule has 1 saturated heterocycles. The third-order valence-corrected chi connectivity index (χ3v) is 8.16. The SMILES string of the molecule is NC(=O)c1cc[n+](CC2=C(C(=O)O)N3C(=O)[C@@H](NC(=O)C(c4ccccc4)S(=O)(=O)O)C3SC2)cc1. The Balaban J connectivity index is 1.54. The summed E-state index contributed by atoms with van der Waals surface area (Å²) in [4.78, 5) is 50.1. The van der Waals surface area contributed by atoms with Crippen LogP contribution in [0.25, 0.3) is 0 Å². The fourth-order valence-electron chi connectivity index (χ4n) is 4.07. The van der Waals surface area contributed by atoms with Gasteiger partial charge in [-0.25, -0.2) is 9.36 Å². The quantitative estimate of drug-likeness (QED) is 0.196. The van der Waals surface area contributed by atoms with Crippen molar-refractivity contribution < 1.29 is 41.8 Å². The van der Waals surface area contributed by atoms with Crippen molar-refractivity contribution in [2.24, 2.45) is 5.73 Å². The number of carboxylic acid groups (broad SMARTS) is 1. The summed E-state index contributed by atoms with van der Waals surface area (Å²) >= 11 is 1.21. The minimum Gasteiger partial charge on any atom is -0.477 e. The Morgan fingerprint density at radius 1 is 1.17 bits per heavy atom. The lowest BCUT2D eigenvalue weighted by Crippen LogP contribution is -2.71. The first kappa shape index (κ1) is 25.3. The molecular formula is C22H21N4O8S2+. The number of nitrogens with one attached hydrogen (secondary N) is 1. The van der Waals surface area contributed by atoms with E-state index in [1.807, 2.05) is 0 Å². The first-order chi connectivity index (χ1) is 17.0. The number of hydrogen-bond donors (Lipinski definition) is 4. The Labute approximate surface area is 209 Å². The lowest BCUT2D eigenvalue weighted by atomic mass is 10.0. The van der Waals surface area contributed by atoms with Crippen LogP contribution in [0.1, 0.15) is 21.2 Å². The van der Waals surface area contributed by atoms with E-state index in [-0.39, 0.29) is 29.1 Å². The molecule has 0 bridgehead atoms. The van der Waals surface area contributed by atoms with Gasteiger partial charge in [-0.05, 0) is 5.56 Å². The lowest BCUT2D eigenvalue weighted by Gasteiger charge is -2.49. The van der Waals surface area contributed by atoms with E-state index in [9.17, 15) is 37.3 Å². The van der Waals surface area contributed by atoms with Crippen LogP contribution in [0.5, 0.6) is 0 Å². The maximum absolute atomic E-state index is 12.9. The predicted molar refractivity (Wildman–Crippen MR) is 126 cm³/mol. The third-order valence-electron chi connectivity index (χ3n) is 5.73. The highest BCUT2D eigenvalue weighted by Gasteiger charge is 2.55. The monoisotopic (exact) mass is 533 g/mol. The van der Waals surface area contributed by atoms with Crippen molar-refractivity contribution in [1.29, 1.82) is 0 Å². The van der Waals surface area contributed by atoms with Gasteiger partial charge in [0.2, 0.25) is 11.8 Å². The van der Waals surface area contributed by atoms with Gasteiger partial charge in [0.1, 0.15) is 17.1 Å². The summed E-state index contributed by atoms with van der Waals surface area (Å²) in [6.45, 7) is 0.125. The van der Waals surface area contributed by atoms with E-state index in [1.54, 1.807) is 23.0 Å². The molecule has 3 heterocycles. The molecule has 1 aromatic carbocycles. The minimum absolute atomic E-state index is 0.0187. The molecule has 2 aromatic rings. The Kier molecular flexibility index (Phi) is 6.84. The van der Waals surface area contributed by atoms with Gasteiger partial charge in [-0.2, -0.15) is 8.42 Å². The summed E-state index contributed by atoms with van der Waals surface area (Å²) in [5, 5.41) is 9.47. The normalized spacial score (nSPS) is 20.2. The van der Waals surface area contributed by atoms with Crippen molar-refractivity contribution in [2.45, 2.75) is 23.2 Å². The molecule has 2 unspecified atom stereocenters. The molecule has 3 amide bonds. The van der Waals surface area contributed by atoms with Gasteiger partial charge >= 0.3 is 5.97 Å². The van der Waals surface area contributed by atoms with E-state index in [4.69, 9.17) is 5.73 Å². The topological polar surface area (TPSA) is 188 Å². The van der Waals surface area contributed by atoms with Gasteiger partial charge in [-0.1, -0.05) is 30.3 Å². The molecule has 188 valence electrons. The van der Waals surface area contributed by atoms with Crippen molar-refractivity contribution in [2.75, 3.05) is 5.75 Å². The van der Waals surface area contributed by atoms with E-state index >= 15 is 0 Å². The van der Waals surface area contributed by atoms with Crippen molar-refractivity contribution in [3.8, 4) is 0 Å². The van der Waals surface area contributed by atoms with E-state index in [1.165, 1.54) is 48.2 Å². The second-order valence-corrected chi connectivity index (χ2v) is 10.7. The van der Waals surface area contributed by atoms with Gasteiger partial charge in [0.05, 0.1) is 5.56 Å². The standard InChI is InChI=1S/C22H20N4O8S2/c23-18(27)13-6-8-25(9-7-13)10-14-11-35-21-15(20(29)26(21)16(14)22(30)31)24-19(28)17(36(32,33)34)12-4-2-1-3-5-12/h1-9,15,17,21H,10-11H2,(H4-,23,24,27,28,30,31,32,33,34)/p+1/t15-,17?,21?/m1/s1. The number of pyridine rings is 1. The Morgan fingerprint density at radius 3 is 2.36 bits per heavy atom. The number of fused-ring (bicyclic) bond motifs is 1. The van der Waals surface area contributed by atoms with Gasteiger partial charge < -0.3 is 16.2 Å². The Morgan fingerprint density at radius 2 is 1.81 bits per heavy atom. The molecule has 0 radical (unpaired) electrons. The van der Waals surface area contributed by atoms with Crippen molar-refractivity contribution in [1.82, 2.24) is 10.2 Å². The maximum atomic E-state index is 12.9. The molecule has 36 heavy (non-hydrogen) atoms. The fraction of sp³-hybridized carbons (Fsp3) is 0.227. The number of primary amides is 1. The lowest BCUT2D eigenvalue weighted by molar-refractivity contribution is -0.689. The molecule has 2 aliphatic rings. The number of nitrogens with zero attached hydrogens (tertiary/aromatic N) is 2. The Bertz CT molecular complexity index is 1380. The molecule has 1 fully saturated rings. The van der Waals surface area contributed by atoms with Crippen LogP contribution in [0.4, 0.5) is 0 Å². The number of aliphatic carboxylic acids is 1. The third kappa shape index (κ3) is 4.82. The van der Waals surface area contributed by atoms with E-state index < -0.39 is 50.5 Å². The summed E-state index contributed by atoms with van der Waals surface area (Å²) in [5.41, 5.74) is 5.73. The Hall–Kier alpha value is -3.75. The number of carboxylic acids is 1. The first-order valence-electron chi connectivity index (χ1n) is 10.5. The molecule has 12 nitrogen and oxygen atoms in total. The summed E-state index contributed by atoms with van der Waals surface area (Å²) in [6.07, 6.45) is 3.12. The second-order valence-electron chi connectivity index (χ2n) is 8.08. The number of nitrogens with two attached hydrogens (primary N) is 1. The van der Waals surface area contributed by atoms with Crippen LogP contribution in [0.15, 0.2) is 66.1 Å². The second kappa shape index (κ2) is 9.72. The first-order valence-corrected chi connectivity index (χ1v) is 13.0. The summed E-state index contributed by atoms with van der Waals surface area (Å²) in [5.74, 6) is -3.53. The summed E-state index contributed by atoms with van der Waals surface area (Å²) < 4.78 is 35.1. The van der Waals surface area contributed by atoms with Gasteiger partial charge in [-0.15, -0.1) is 11.8 Å². The zero-order valence-corrected chi connectivity index (χ0v) is 20.1. The largest absolute Gasteiger partial charge is 0.477 e. The van der Waals surface area contributed by atoms with Crippen molar-refractivity contribution >= 4 is 45.6 Å². The predicted octanol–water partition coefficient (Wildman–Crippen LogP) is -0.559. The number of aromatic nitrogens is 1. The number of β-lactam (4-membered cyclic amide) rings is 1. The highest BCUT2D eigenvalue weighted by atomic mass is 32.2. The number of amides is 3. The maximum Gasteiger partial charge on any atom is 0.352 e. The summed E-state index contributed by atoms with van der Waals surface area (Å²) in [6, 6.07) is 9.12. The van der Waals surface area contributed by atoms with Crippen LogP contribution in [-0.2, 0) is 31.0 Å². The van der Waals surface area contributed by atoms with Crippen LogP contribution < -0.4 is 15.6 Å². The van der Waals surface area contributed by atoms with Gasteiger partial charge in [0.25, 0.3) is 16.0 Å². The van der Waals surface area contributed by atoms with Crippen LogP contribution >= 0.6 is 11.8 Å². The smallest absolute Gasteiger partial charge is 0.352 e. The van der Waals surface area contributed by atoms with Crippen LogP contribution in [0.2, 0.25) is 0 Å². The number of benzene rings is 1. The zero-order valence-electron chi connectivity index (χ0n) is 18.5. The summed E-state index contributed by atoms with van der Waals surface area (Å²) in [7, 11) is -4.85. The van der Waals surface area contributed by atoms with E-state index in [0.717, 1.165) is 4.90 Å². The fourth-order valence-corrected chi connectivity index (χ4v) is 6.24. The molecule has 5 N–H and O–H groups in total. The van der Waals surface area contributed by atoms with Crippen LogP contribution in [-0.4, -0.2) is 63.8 Å². The molecular weight excluding hydrogens is 512 g/mol. The highest BCUT2D eigenvalue weighted by molar-refractivity contribution is 8.00. The van der Waals surface area contributed by atoms with Crippen LogP contribution in [0.3, 0.4) is 0 Å². The number of carbonyl (C=O) groups excluding carboxylic acids is 3. The van der Waals surface area contributed by atoms with E-state index in [0.29, 0.717) is 5.57 Å². The minimum atomic E-state index is -4.85. The molecule has 1 aromatic heterocycles. The van der Waals surface area contributed by atoms with Crippen molar-refractivity contribution in [3.05, 3.63) is 77.3 Å². The van der Waals surface area contributed by atoms with Gasteiger partial charge in [-0.3, -0.25) is 23.8 Å². The van der Waals surface area contributed by atoms with Crippen LogP contribution in [0, 0.1) is 0 Å². The number of hydrogen-bond acceptors (Lipinski definition) is 7. The molecule has 4 rings (SSSR count). The van der Waals surface area contributed by atoms with Gasteiger partial charge in [0, 0.05) is 23.5 Å². The molecule has 14 heteroatoms. The molecule has 2 aliphatic heterocycles. The number of rotatable bonds is 8. The van der Waals surface area contributed by atoms with Crippen molar-refractivity contribution in [3.63, 3.8) is 0 Å². The molecule has 0 spiro atoms. The average Bonchev–Trinajstić information content (AvgIpc) is 2.82. The molecule has 3 atom stereocenters. The average molecular weight is 534 g/mol.